The van der Waals surface area contributed by atoms with Crippen molar-refractivity contribution in [3.63, 3.8) is 0 Å². The Bertz CT molecular complexity index is 1130. The lowest BCUT2D eigenvalue weighted by atomic mass is 9.77. The summed E-state index contributed by atoms with van der Waals surface area (Å²) in [6, 6.07) is 10.2. The van der Waals surface area contributed by atoms with Crippen molar-refractivity contribution in [3.05, 3.63) is 41.5 Å². The Morgan fingerprint density at radius 2 is 1.62 bits per heavy atom. The van der Waals surface area contributed by atoms with Crippen molar-refractivity contribution < 1.29 is 19.3 Å². The molecular weight excluding hydrogens is 366 g/mol. The van der Waals surface area contributed by atoms with Gasteiger partial charge < -0.3 is 19.3 Å². The lowest BCUT2D eigenvalue weighted by Crippen LogP contribution is -2.49. The Kier molecular flexibility index (Phi) is 4.16. The Balaban J connectivity index is 1.93. The van der Waals surface area contributed by atoms with Crippen molar-refractivity contribution >= 4 is 21.5 Å². The summed E-state index contributed by atoms with van der Waals surface area (Å²) in [6.07, 6.45) is 1.56. The number of hydrogen-bond acceptors (Lipinski definition) is 5. The minimum absolute atomic E-state index is 0.229. The van der Waals surface area contributed by atoms with E-state index in [1.807, 2.05) is 18.2 Å². The number of aliphatic hydroxyl groups is 1. The molecular formula is C24H27NO4. The van der Waals surface area contributed by atoms with Gasteiger partial charge >= 0.3 is 0 Å². The van der Waals surface area contributed by atoms with Crippen molar-refractivity contribution in [1.82, 2.24) is 4.90 Å². The molecule has 3 aromatic carbocycles. The molecule has 0 amide bonds. The van der Waals surface area contributed by atoms with Gasteiger partial charge in [0.25, 0.3) is 0 Å². The van der Waals surface area contributed by atoms with Crippen LogP contribution in [0.2, 0.25) is 0 Å². The number of fused-ring (bicyclic) bond motifs is 7. The molecule has 5 rings (SSSR count). The number of ether oxygens (including phenoxy) is 3. The summed E-state index contributed by atoms with van der Waals surface area (Å²) in [5, 5.41) is 15.9. The van der Waals surface area contributed by atoms with Crippen molar-refractivity contribution in [2.75, 3.05) is 27.9 Å². The molecule has 2 heterocycles. The lowest BCUT2D eigenvalue weighted by molar-refractivity contribution is -0.0142. The average Bonchev–Trinajstić information content (AvgIpc) is 3.14. The van der Waals surface area contributed by atoms with E-state index in [2.05, 4.69) is 24.0 Å². The van der Waals surface area contributed by atoms with Crippen LogP contribution in [0.3, 0.4) is 0 Å². The SMILES string of the molecule is COc1ccc2c3c(c4cc(OC)c(OC)cc4c2c1)[C@H](O)[C@]1(C)CCCN1C3. The molecule has 5 heteroatoms. The monoisotopic (exact) mass is 393 g/mol. The molecule has 0 aliphatic carbocycles. The fourth-order valence-electron chi connectivity index (χ4n) is 5.36. The van der Waals surface area contributed by atoms with Gasteiger partial charge in [-0.3, -0.25) is 4.90 Å². The number of benzene rings is 3. The highest BCUT2D eigenvalue weighted by Gasteiger charge is 2.48. The lowest BCUT2D eigenvalue weighted by Gasteiger charge is -2.45. The molecule has 3 aromatic rings. The summed E-state index contributed by atoms with van der Waals surface area (Å²) in [7, 11) is 4.98. The molecule has 0 saturated carbocycles. The van der Waals surface area contributed by atoms with E-state index in [9.17, 15) is 5.11 Å². The smallest absolute Gasteiger partial charge is 0.161 e. The van der Waals surface area contributed by atoms with Gasteiger partial charge in [0.2, 0.25) is 0 Å². The predicted octanol–water partition coefficient (Wildman–Crippen LogP) is 4.42. The molecule has 0 spiro atoms. The number of nitrogens with zero attached hydrogens (tertiary/aromatic N) is 1. The van der Waals surface area contributed by atoms with Crippen LogP contribution >= 0.6 is 0 Å². The molecule has 0 aromatic heterocycles. The van der Waals surface area contributed by atoms with Gasteiger partial charge in [0.05, 0.1) is 27.4 Å². The largest absolute Gasteiger partial charge is 0.497 e. The van der Waals surface area contributed by atoms with Crippen molar-refractivity contribution in [2.45, 2.75) is 38.0 Å². The number of methoxy groups -OCH3 is 3. The maximum Gasteiger partial charge on any atom is 0.161 e. The predicted molar refractivity (Wildman–Crippen MR) is 114 cm³/mol. The van der Waals surface area contributed by atoms with E-state index in [-0.39, 0.29) is 5.54 Å². The second-order valence-corrected chi connectivity index (χ2v) is 8.34. The second kappa shape index (κ2) is 6.51. The maximum absolute atomic E-state index is 11.6. The Morgan fingerprint density at radius 1 is 0.931 bits per heavy atom. The summed E-state index contributed by atoms with van der Waals surface area (Å²) >= 11 is 0. The second-order valence-electron chi connectivity index (χ2n) is 8.34. The molecule has 0 radical (unpaired) electrons. The van der Waals surface area contributed by atoms with Gasteiger partial charge in [-0.2, -0.15) is 0 Å². The molecule has 5 nitrogen and oxygen atoms in total. The van der Waals surface area contributed by atoms with Crippen LogP contribution < -0.4 is 14.2 Å². The summed E-state index contributed by atoms with van der Waals surface area (Å²) in [5.41, 5.74) is 2.00. The summed E-state index contributed by atoms with van der Waals surface area (Å²) in [6.45, 7) is 4.06. The van der Waals surface area contributed by atoms with E-state index >= 15 is 0 Å². The van der Waals surface area contributed by atoms with Crippen LogP contribution in [-0.2, 0) is 6.54 Å². The van der Waals surface area contributed by atoms with Crippen LogP contribution in [0.5, 0.6) is 17.2 Å². The van der Waals surface area contributed by atoms with Crippen molar-refractivity contribution in [2.24, 2.45) is 0 Å². The van der Waals surface area contributed by atoms with Gasteiger partial charge in [-0.1, -0.05) is 6.07 Å². The third kappa shape index (κ3) is 2.47. The molecule has 1 N–H and O–H groups in total. The first kappa shape index (κ1) is 18.5. The van der Waals surface area contributed by atoms with Crippen LogP contribution in [-0.4, -0.2) is 43.4 Å². The topological polar surface area (TPSA) is 51.2 Å². The van der Waals surface area contributed by atoms with Gasteiger partial charge in [0.15, 0.2) is 11.5 Å². The molecule has 1 saturated heterocycles. The minimum atomic E-state index is -0.555. The molecule has 152 valence electrons. The summed E-state index contributed by atoms with van der Waals surface area (Å²) in [5.74, 6) is 2.18. The first-order valence-electron chi connectivity index (χ1n) is 10.1. The van der Waals surface area contributed by atoms with Crippen LogP contribution in [0, 0.1) is 0 Å². The summed E-state index contributed by atoms with van der Waals surface area (Å²) in [4.78, 5) is 2.44. The molecule has 0 unspecified atom stereocenters. The maximum atomic E-state index is 11.6. The van der Waals surface area contributed by atoms with E-state index in [0.29, 0.717) is 11.5 Å². The van der Waals surface area contributed by atoms with Crippen LogP contribution in [0.1, 0.15) is 37.0 Å². The summed E-state index contributed by atoms with van der Waals surface area (Å²) < 4.78 is 16.7. The van der Waals surface area contributed by atoms with E-state index in [0.717, 1.165) is 58.8 Å². The minimum Gasteiger partial charge on any atom is -0.497 e. The first-order chi connectivity index (χ1) is 14.0. The van der Waals surface area contributed by atoms with Crippen LogP contribution in [0.15, 0.2) is 30.3 Å². The standard InChI is InChI=1S/C24H27NO4/c1-24-8-5-9-25(24)13-19-15-7-6-14(27-2)10-16(15)17-11-20(28-3)21(29-4)12-18(17)22(19)23(24)26/h6-7,10-12,23,26H,5,8-9,13H2,1-4H3/t23-,24-/m0/s1. The van der Waals surface area contributed by atoms with Gasteiger partial charge in [-0.25, -0.2) is 0 Å². The fraction of sp³-hybridized carbons (Fsp3) is 0.417. The number of hydrogen-bond donors (Lipinski definition) is 1. The van der Waals surface area contributed by atoms with E-state index in [1.54, 1.807) is 21.3 Å². The highest BCUT2D eigenvalue weighted by molar-refractivity contribution is 6.12. The highest BCUT2D eigenvalue weighted by Crippen LogP contribution is 2.51. The van der Waals surface area contributed by atoms with Crippen molar-refractivity contribution in [3.8, 4) is 17.2 Å². The zero-order valence-electron chi connectivity index (χ0n) is 17.4. The Morgan fingerprint density at radius 3 is 2.31 bits per heavy atom. The number of rotatable bonds is 3. The van der Waals surface area contributed by atoms with Crippen LogP contribution in [0.25, 0.3) is 21.5 Å². The highest BCUT2D eigenvalue weighted by atomic mass is 16.5. The van der Waals surface area contributed by atoms with Gasteiger partial charge in [-0.05, 0) is 83.2 Å². The fourth-order valence-corrected chi connectivity index (χ4v) is 5.36. The van der Waals surface area contributed by atoms with Gasteiger partial charge in [-0.15, -0.1) is 0 Å². The van der Waals surface area contributed by atoms with E-state index in [4.69, 9.17) is 14.2 Å². The molecule has 2 aliphatic rings. The van der Waals surface area contributed by atoms with E-state index < -0.39 is 6.10 Å². The molecule has 2 atom stereocenters. The normalized spacial score (nSPS) is 23.8. The Labute approximate surface area is 170 Å². The number of aliphatic hydroxyl groups excluding tert-OH is 1. The molecule has 29 heavy (non-hydrogen) atoms. The van der Waals surface area contributed by atoms with Crippen LogP contribution in [0.4, 0.5) is 0 Å². The Hall–Kier alpha value is -2.50. The third-order valence-corrected chi connectivity index (χ3v) is 7.03. The zero-order chi connectivity index (χ0) is 20.3. The molecule has 0 bridgehead atoms. The zero-order valence-corrected chi connectivity index (χ0v) is 17.4. The van der Waals surface area contributed by atoms with Crippen molar-refractivity contribution in [1.29, 1.82) is 0 Å². The van der Waals surface area contributed by atoms with E-state index in [1.165, 1.54) is 5.56 Å². The van der Waals surface area contributed by atoms with Gasteiger partial charge in [0.1, 0.15) is 5.75 Å². The van der Waals surface area contributed by atoms with Gasteiger partial charge in [0, 0.05) is 12.1 Å². The molecule has 2 aliphatic heterocycles. The first-order valence-corrected chi connectivity index (χ1v) is 10.1. The molecule has 1 fully saturated rings. The quantitative estimate of drug-likeness (QED) is 0.668. The average molecular weight is 393 g/mol. The third-order valence-electron chi connectivity index (χ3n) is 7.03.